The van der Waals surface area contributed by atoms with E-state index in [2.05, 4.69) is 21.2 Å². The number of nitrogens with one attached hydrogen (secondary N) is 1. The fourth-order valence-electron chi connectivity index (χ4n) is 2.14. The zero-order valence-corrected chi connectivity index (χ0v) is 13.0. The first-order chi connectivity index (χ1) is 9.52. The molecule has 0 aliphatic heterocycles. The molecule has 0 saturated carbocycles. The van der Waals surface area contributed by atoms with Crippen LogP contribution in [0.4, 0.5) is 8.78 Å². The first kappa shape index (κ1) is 15.1. The van der Waals surface area contributed by atoms with E-state index in [-0.39, 0.29) is 17.7 Å². The van der Waals surface area contributed by atoms with E-state index >= 15 is 0 Å². The molecule has 0 saturated heterocycles. The third-order valence-electron chi connectivity index (χ3n) is 3.21. The predicted octanol–water partition coefficient (Wildman–Crippen LogP) is 4.73. The Balaban J connectivity index is 2.49. The Morgan fingerprint density at radius 3 is 2.55 bits per heavy atom. The molecule has 1 atom stereocenters. The van der Waals surface area contributed by atoms with Crippen LogP contribution in [-0.4, -0.2) is 6.54 Å². The van der Waals surface area contributed by atoms with Gasteiger partial charge in [0.15, 0.2) is 0 Å². The average molecular weight is 340 g/mol. The first-order valence-corrected chi connectivity index (χ1v) is 7.26. The summed E-state index contributed by atoms with van der Waals surface area (Å²) in [6.45, 7) is 4.38. The van der Waals surface area contributed by atoms with E-state index in [1.54, 1.807) is 19.1 Å². The van der Waals surface area contributed by atoms with Crippen molar-refractivity contribution in [3.8, 4) is 0 Å². The van der Waals surface area contributed by atoms with Gasteiger partial charge in [0.2, 0.25) is 0 Å². The molecule has 0 aliphatic rings. The first-order valence-electron chi connectivity index (χ1n) is 6.47. The number of halogens is 3. The molecule has 1 nitrogen and oxygen atoms in total. The van der Waals surface area contributed by atoms with Crippen LogP contribution in [-0.2, 0) is 0 Å². The van der Waals surface area contributed by atoms with E-state index in [1.807, 2.05) is 13.0 Å². The van der Waals surface area contributed by atoms with Crippen LogP contribution in [0.5, 0.6) is 0 Å². The van der Waals surface area contributed by atoms with Gasteiger partial charge >= 0.3 is 0 Å². The molecule has 0 radical (unpaired) electrons. The van der Waals surface area contributed by atoms with Gasteiger partial charge in [-0.1, -0.05) is 35.0 Å². The lowest BCUT2D eigenvalue weighted by atomic mass is 9.97. The van der Waals surface area contributed by atoms with Crippen molar-refractivity contribution in [1.29, 1.82) is 0 Å². The van der Waals surface area contributed by atoms with E-state index in [0.717, 1.165) is 15.6 Å². The molecule has 4 heteroatoms. The molecule has 0 bridgehead atoms. The molecule has 2 rings (SSSR count). The van der Waals surface area contributed by atoms with E-state index in [0.29, 0.717) is 12.1 Å². The lowest BCUT2D eigenvalue weighted by Crippen LogP contribution is -2.22. The van der Waals surface area contributed by atoms with Gasteiger partial charge in [0.25, 0.3) is 0 Å². The van der Waals surface area contributed by atoms with Crippen LogP contribution in [0, 0.1) is 18.6 Å². The second kappa shape index (κ2) is 6.46. The Bertz CT molecular complexity index is 613. The number of hydrogen-bond donors (Lipinski definition) is 1. The molecule has 1 unspecified atom stereocenters. The van der Waals surface area contributed by atoms with Crippen molar-refractivity contribution in [1.82, 2.24) is 5.32 Å². The number of rotatable bonds is 4. The highest BCUT2D eigenvalue weighted by Gasteiger charge is 2.17. The number of hydrogen-bond acceptors (Lipinski definition) is 1. The minimum absolute atomic E-state index is 0.250. The Labute approximate surface area is 126 Å². The summed E-state index contributed by atoms with van der Waals surface area (Å²) < 4.78 is 28.0. The molecule has 0 heterocycles. The van der Waals surface area contributed by atoms with Gasteiger partial charge in [-0.05, 0) is 54.4 Å². The third-order valence-corrected chi connectivity index (χ3v) is 3.93. The Kier molecular flexibility index (Phi) is 4.89. The maximum atomic E-state index is 13.8. The number of aryl methyl sites for hydroxylation is 1. The maximum Gasteiger partial charge on any atom is 0.126 e. The van der Waals surface area contributed by atoms with Crippen molar-refractivity contribution >= 4 is 15.9 Å². The fraction of sp³-hybridized carbons (Fsp3) is 0.250. The molecule has 0 fully saturated rings. The Morgan fingerprint density at radius 1 is 1.15 bits per heavy atom. The van der Waals surface area contributed by atoms with Crippen LogP contribution in [0.3, 0.4) is 0 Å². The molecule has 106 valence electrons. The van der Waals surface area contributed by atoms with E-state index in [4.69, 9.17) is 0 Å². The maximum absolute atomic E-state index is 13.8. The van der Waals surface area contributed by atoms with Crippen LogP contribution < -0.4 is 5.32 Å². The quantitative estimate of drug-likeness (QED) is 0.848. The van der Waals surface area contributed by atoms with E-state index in [9.17, 15) is 8.78 Å². The van der Waals surface area contributed by atoms with Crippen LogP contribution in [0.15, 0.2) is 40.9 Å². The van der Waals surface area contributed by atoms with Crippen molar-refractivity contribution in [3.05, 3.63) is 69.2 Å². The molecule has 0 spiro atoms. The molecule has 2 aromatic carbocycles. The number of benzene rings is 2. The minimum atomic E-state index is -0.307. The van der Waals surface area contributed by atoms with Gasteiger partial charge in [-0.25, -0.2) is 8.78 Å². The van der Waals surface area contributed by atoms with Crippen LogP contribution in [0.1, 0.15) is 29.7 Å². The van der Waals surface area contributed by atoms with Gasteiger partial charge in [-0.15, -0.1) is 0 Å². The normalized spacial score (nSPS) is 12.4. The van der Waals surface area contributed by atoms with E-state index < -0.39 is 0 Å². The Hall–Kier alpha value is -1.26. The monoisotopic (exact) mass is 339 g/mol. The summed E-state index contributed by atoms with van der Waals surface area (Å²) in [5, 5.41) is 3.27. The van der Waals surface area contributed by atoms with E-state index in [1.165, 1.54) is 18.2 Å². The summed E-state index contributed by atoms with van der Waals surface area (Å²) in [7, 11) is 0. The van der Waals surface area contributed by atoms with Gasteiger partial charge in [0.05, 0.1) is 6.04 Å². The van der Waals surface area contributed by atoms with Gasteiger partial charge < -0.3 is 5.32 Å². The predicted molar refractivity (Wildman–Crippen MR) is 80.8 cm³/mol. The second-order valence-electron chi connectivity index (χ2n) is 4.67. The van der Waals surface area contributed by atoms with Crippen molar-refractivity contribution in [2.45, 2.75) is 19.9 Å². The minimum Gasteiger partial charge on any atom is -0.306 e. The summed E-state index contributed by atoms with van der Waals surface area (Å²) in [6.07, 6.45) is 0. The standard InChI is InChI=1S/C16H16BrF2N/c1-3-20-16(11-5-4-10(2)15(19)8-11)13-9-12(18)6-7-14(13)17/h4-9,16,20H,3H2,1-2H3. The van der Waals surface area contributed by atoms with Crippen LogP contribution >= 0.6 is 15.9 Å². The fourth-order valence-corrected chi connectivity index (χ4v) is 2.61. The summed E-state index contributed by atoms with van der Waals surface area (Å²) in [5.41, 5.74) is 2.14. The van der Waals surface area contributed by atoms with Crippen LogP contribution in [0.2, 0.25) is 0 Å². The van der Waals surface area contributed by atoms with Gasteiger partial charge in [0.1, 0.15) is 11.6 Å². The molecular weight excluding hydrogens is 324 g/mol. The van der Waals surface area contributed by atoms with Crippen LogP contribution in [0.25, 0.3) is 0 Å². The topological polar surface area (TPSA) is 12.0 Å². The van der Waals surface area contributed by atoms with Gasteiger partial charge in [-0.3, -0.25) is 0 Å². The highest BCUT2D eigenvalue weighted by atomic mass is 79.9. The lowest BCUT2D eigenvalue weighted by molar-refractivity contribution is 0.588. The lowest BCUT2D eigenvalue weighted by Gasteiger charge is -2.21. The molecule has 0 aliphatic carbocycles. The third kappa shape index (κ3) is 3.25. The highest BCUT2D eigenvalue weighted by molar-refractivity contribution is 9.10. The zero-order chi connectivity index (χ0) is 14.7. The average Bonchev–Trinajstić information content (AvgIpc) is 2.42. The van der Waals surface area contributed by atoms with Crippen molar-refractivity contribution in [2.75, 3.05) is 6.54 Å². The summed E-state index contributed by atoms with van der Waals surface area (Å²) in [6, 6.07) is 9.38. The molecule has 1 N–H and O–H groups in total. The largest absolute Gasteiger partial charge is 0.306 e. The second-order valence-corrected chi connectivity index (χ2v) is 5.52. The van der Waals surface area contributed by atoms with Crippen molar-refractivity contribution < 1.29 is 8.78 Å². The smallest absolute Gasteiger partial charge is 0.126 e. The Morgan fingerprint density at radius 2 is 1.90 bits per heavy atom. The summed E-state index contributed by atoms with van der Waals surface area (Å²) in [4.78, 5) is 0. The highest BCUT2D eigenvalue weighted by Crippen LogP contribution is 2.30. The van der Waals surface area contributed by atoms with Gasteiger partial charge in [0, 0.05) is 4.47 Å². The van der Waals surface area contributed by atoms with Crippen molar-refractivity contribution in [3.63, 3.8) is 0 Å². The molecule has 2 aromatic rings. The molecular formula is C16H16BrF2N. The molecule has 0 amide bonds. The van der Waals surface area contributed by atoms with Crippen molar-refractivity contribution in [2.24, 2.45) is 0 Å². The van der Waals surface area contributed by atoms with Gasteiger partial charge in [-0.2, -0.15) is 0 Å². The summed E-state index contributed by atoms with van der Waals surface area (Å²) in [5.74, 6) is -0.559. The SMILES string of the molecule is CCNC(c1ccc(C)c(F)c1)c1cc(F)ccc1Br. The molecule has 0 aromatic heterocycles. The molecule has 20 heavy (non-hydrogen) atoms. The summed E-state index contributed by atoms with van der Waals surface area (Å²) >= 11 is 3.43. The zero-order valence-electron chi connectivity index (χ0n) is 11.4.